The van der Waals surface area contributed by atoms with Gasteiger partial charge in [0.05, 0.1) is 19.1 Å². The average Bonchev–Trinajstić information content (AvgIpc) is 2.29. The second kappa shape index (κ2) is 4.97. The van der Waals surface area contributed by atoms with Gasteiger partial charge in [0.2, 0.25) is 0 Å². The van der Waals surface area contributed by atoms with Gasteiger partial charge in [-0.15, -0.1) is 0 Å². The number of carboxylic acid groups (broad SMARTS) is 1. The van der Waals surface area contributed by atoms with Crippen molar-refractivity contribution in [2.24, 2.45) is 0 Å². The van der Waals surface area contributed by atoms with E-state index in [4.69, 9.17) is 20.4 Å². The molecule has 0 saturated heterocycles. The summed E-state index contributed by atoms with van der Waals surface area (Å²) in [5, 5.41) is 25.0. The highest BCUT2D eigenvalue weighted by molar-refractivity contribution is 6.24. The fourth-order valence-corrected chi connectivity index (χ4v) is 1.14. The third-order valence-corrected chi connectivity index (χ3v) is 2.01. The van der Waals surface area contributed by atoms with Gasteiger partial charge in [-0.05, 0) is 24.3 Å². The first-order valence-corrected chi connectivity index (χ1v) is 4.41. The summed E-state index contributed by atoms with van der Waals surface area (Å²) in [4.78, 5) is 10.7. The Morgan fingerprint density at radius 3 is 2.31 bits per heavy atom. The maximum Gasteiger partial charge on any atom is 0.341 e. The zero-order valence-corrected chi connectivity index (χ0v) is 8.60. The molecule has 0 aromatic heterocycles. The topological polar surface area (TPSA) is 90.6 Å². The van der Waals surface area contributed by atoms with Gasteiger partial charge in [0.1, 0.15) is 11.3 Å². The Labute approximate surface area is 92.1 Å². The highest BCUT2D eigenvalue weighted by Crippen LogP contribution is 2.14. The van der Waals surface area contributed by atoms with Crippen molar-refractivity contribution in [3.63, 3.8) is 0 Å². The molecule has 0 atom stereocenters. The molecule has 0 radical (unpaired) electrons. The smallest absolute Gasteiger partial charge is 0.341 e. The molecule has 0 fully saturated rings. The molecule has 1 aromatic rings. The average molecular weight is 221 g/mol. The highest BCUT2D eigenvalue weighted by Gasteiger charge is 2.15. The van der Waals surface area contributed by atoms with E-state index in [1.807, 2.05) is 0 Å². The van der Waals surface area contributed by atoms with Crippen LogP contribution in [0.15, 0.2) is 36.1 Å². The number of hydrogen-bond acceptors (Lipinski definition) is 4. The number of benzene rings is 1. The minimum atomic E-state index is -1.34. The summed E-state index contributed by atoms with van der Waals surface area (Å²) in [6.45, 7) is 0. The van der Waals surface area contributed by atoms with E-state index in [-0.39, 0.29) is 5.71 Å². The van der Waals surface area contributed by atoms with E-state index in [0.29, 0.717) is 17.6 Å². The number of nitrogens with one attached hydrogen (secondary N) is 1. The van der Waals surface area contributed by atoms with Crippen LogP contribution in [0.25, 0.3) is 0 Å². The Morgan fingerprint density at radius 2 is 1.94 bits per heavy atom. The first-order valence-electron chi connectivity index (χ1n) is 4.41. The minimum absolute atomic E-state index is 0.252. The summed E-state index contributed by atoms with van der Waals surface area (Å²) < 4.78 is 4.93. The fourth-order valence-electron chi connectivity index (χ4n) is 1.14. The van der Waals surface area contributed by atoms with Crippen LogP contribution in [0.1, 0.15) is 5.56 Å². The van der Waals surface area contributed by atoms with E-state index in [1.54, 1.807) is 24.3 Å². The molecule has 16 heavy (non-hydrogen) atoms. The first kappa shape index (κ1) is 11.8. The predicted octanol–water partition coefficient (Wildman–Crippen LogP) is 1.59. The Morgan fingerprint density at radius 1 is 1.38 bits per heavy atom. The number of carboxylic acids is 1. The standard InChI is InChI=1S/C11H11NO4/c1-16-8-4-2-7(3-5-8)10(12)9(6-13)11(14)15/h2-6,12-13H,1H3,(H,14,15)/b9-6+,12-10?. The Kier molecular flexibility index (Phi) is 3.66. The number of aliphatic carboxylic acids is 1. The van der Waals surface area contributed by atoms with Gasteiger partial charge in [0, 0.05) is 5.56 Å². The van der Waals surface area contributed by atoms with Gasteiger partial charge in [-0.1, -0.05) is 0 Å². The lowest BCUT2D eigenvalue weighted by Gasteiger charge is -2.05. The van der Waals surface area contributed by atoms with E-state index in [1.165, 1.54) is 7.11 Å². The SMILES string of the molecule is COc1ccc(C(=N)/C(=C\O)C(=O)O)cc1. The van der Waals surface area contributed by atoms with Crippen molar-refractivity contribution >= 4 is 11.7 Å². The molecule has 0 amide bonds. The number of aliphatic hydroxyl groups is 1. The second-order valence-corrected chi connectivity index (χ2v) is 2.95. The molecular formula is C11H11NO4. The van der Waals surface area contributed by atoms with Crippen LogP contribution < -0.4 is 4.74 Å². The molecule has 0 aliphatic heterocycles. The van der Waals surface area contributed by atoms with Crippen LogP contribution in [0.5, 0.6) is 5.75 Å². The Hall–Kier alpha value is -2.30. The van der Waals surface area contributed by atoms with Gasteiger partial charge in [-0.3, -0.25) is 5.41 Å². The van der Waals surface area contributed by atoms with Gasteiger partial charge in [-0.2, -0.15) is 0 Å². The maximum atomic E-state index is 10.7. The molecule has 0 aliphatic carbocycles. The molecule has 1 aromatic carbocycles. The Bertz CT molecular complexity index is 434. The molecule has 0 aliphatic rings. The van der Waals surface area contributed by atoms with E-state index in [0.717, 1.165) is 0 Å². The van der Waals surface area contributed by atoms with E-state index in [2.05, 4.69) is 0 Å². The molecule has 5 heteroatoms. The highest BCUT2D eigenvalue weighted by atomic mass is 16.5. The Balaban J connectivity index is 3.00. The molecule has 0 heterocycles. The summed E-state index contributed by atoms with van der Waals surface area (Å²) in [5.74, 6) is -0.732. The van der Waals surface area contributed by atoms with E-state index < -0.39 is 11.5 Å². The molecule has 0 bridgehead atoms. The molecule has 0 spiro atoms. The lowest BCUT2D eigenvalue weighted by molar-refractivity contribution is -0.132. The van der Waals surface area contributed by atoms with Crippen LogP contribution in [0.2, 0.25) is 0 Å². The summed E-state index contributed by atoms with van der Waals surface area (Å²) in [6.07, 6.45) is 0.412. The molecule has 0 unspecified atom stereocenters. The fraction of sp³-hybridized carbons (Fsp3) is 0.0909. The van der Waals surface area contributed by atoms with Crippen molar-refractivity contribution in [1.82, 2.24) is 0 Å². The van der Waals surface area contributed by atoms with Crippen molar-refractivity contribution in [1.29, 1.82) is 5.41 Å². The van der Waals surface area contributed by atoms with Crippen LogP contribution in [0.3, 0.4) is 0 Å². The van der Waals surface area contributed by atoms with Crippen LogP contribution in [-0.4, -0.2) is 29.0 Å². The maximum absolute atomic E-state index is 10.7. The van der Waals surface area contributed by atoms with Gasteiger partial charge in [0.15, 0.2) is 0 Å². The van der Waals surface area contributed by atoms with Crippen molar-refractivity contribution < 1.29 is 19.7 Å². The molecule has 84 valence electrons. The number of ether oxygens (including phenoxy) is 1. The number of carbonyl (C=O) groups is 1. The van der Waals surface area contributed by atoms with Crippen LogP contribution in [0, 0.1) is 5.41 Å². The molecule has 3 N–H and O–H groups in total. The van der Waals surface area contributed by atoms with Crippen molar-refractivity contribution in [2.45, 2.75) is 0 Å². The molecule has 5 nitrogen and oxygen atoms in total. The summed E-state index contributed by atoms with van der Waals surface area (Å²) >= 11 is 0. The minimum Gasteiger partial charge on any atom is -0.515 e. The van der Waals surface area contributed by atoms with Gasteiger partial charge >= 0.3 is 5.97 Å². The van der Waals surface area contributed by atoms with Crippen molar-refractivity contribution in [3.8, 4) is 5.75 Å². The normalized spacial score (nSPS) is 10.9. The third kappa shape index (κ3) is 2.38. The van der Waals surface area contributed by atoms with Crippen molar-refractivity contribution in [3.05, 3.63) is 41.7 Å². The zero-order chi connectivity index (χ0) is 12.1. The van der Waals surface area contributed by atoms with Crippen molar-refractivity contribution in [2.75, 3.05) is 7.11 Å². The van der Waals surface area contributed by atoms with E-state index >= 15 is 0 Å². The van der Waals surface area contributed by atoms with Crippen LogP contribution in [-0.2, 0) is 4.79 Å². The number of hydrogen-bond donors (Lipinski definition) is 3. The van der Waals surface area contributed by atoms with Crippen LogP contribution in [0.4, 0.5) is 0 Å². The predicted molar refractivity (Wildman–Crippen MR) is 58.2 cm³/mol. The number of aliphatic hydroxyl groups excluding tert-OH is 1. The van der Waals surface area contributed by atoms with Gasteiger partial charge in [0.25, 0.3) is 0 Å². The number of methoxy groups -OCH3 is 1. The van der Waals surface area contributed by atoms with Gasteiger partial charge < -0.3 is 14.9 Å². The first-order chi connectivity index (χ1) is 7.60. The summed E-state index contributed by atoms with van der Waals surface area (Å²) in [5.41, 5.74) is -0.314. The second-order valence-electron chi connectivity index (χ2n) is 2.95. The molecular weight excluding hydrogens is 210 g/mol. The quantitative estimate of drug-likeness (QED) is 0.409. The zero-order valence-electron chi connectivity index (χ0n) is 8.60. The largest absolute Gasteiger partial charge is 0.515 e. The summed E-state index contributed by atoms with van der Waals surface area (Å²) in [6, 6.07) is 6.32. The third-order valence-electron chi connectivity index (χ3n) is 2.01. The number of rotatable bonds is 4. The summed E-state index contributed by atoms with van der Waals surface area (Å²) in [7, 11) is 1.51. The monoisotopic (exact) mass is 221 g/mol. The lowest BCUT2D eigenvalue weighted by Crippen LogP contribution is -2.12. The van der Waals surface area contributed by atoms with E-state index in [9.17, 15) is 4.79 Å². The molecule has 1 rings (SSSR count). The van der Waals surface area contributed by atoms with Crippen LogP contribution >= 0.6 is 0 Å². The lowest BCUT2D eigenvalue weighted by atomic mass is 10.0. The molecule has 0 saturated carbocycles. The van der Waals surface area contributed by atoms with Gasteiger partial charge in [-0.25, -0.2) is 4.79 Å².